The number of H-pyrrole nitrogens is 2. The number of isothiocyanates is 1. The summed E-state index contributed by atoms with van der Waals surface area (Å²) in [4.78, 5) is 42.6. The van der Waals surface area contributed by atoms with E-state index in [0.717, 1.165) is 71.0 Å². The van der Waals surface area contributed by atoms with Crippen LogP contribution in [0.4, 0.5) is 8.78 Å². The Morgan fingerprint density at radius 1 is 0.780 bits per heavy atom. The summed E-state index contributed by atoms with van der Waals surface area (Å²) in [6, 6.07) is 20.3. The number of amides is 1. The molecule has 0 aliphatic heterocycles. The fourth-order valence-corrected chi connectivity index (χ4v) is 5.80. The Morgan fingerprint density at radius 2 is 1.36 bits per heavy atom. The lowest BCUT2D eigenvalue weighted by atomic mass is 10.0. The molecule has 0 fully saturated rings. The SMILES string of the molecule is NCCCNC(=O)C#Cc1ccccc1F.O=C(C#Cc1ccccc1F)CCCCCC(=S)CCc1ccnc2[nH]ccc12.S=C=NCc1ccnc2[nH]ccc12.[2H]C. The predicted octanol–water partition coefficient (Wildman–Crippen LogP) is 9.02. The van der Waals surface area contributed by atoms with E-state index in [9.17, 15) is 18.4 Å². The number of rotatable bonds is 14. The van der Waals surface area contributed by atoms with E-state index in [4.69, 9.17) is 19.3 Å². The normalized spacial score (nSPS) is 9.93. The molecule has 1 amide bonds. The zero-order valence-corrected chi connectivity index (χ0v) is 34.5. The zero-order chi connectivity index (χ0) is 43.4. The second kappa shape index (κ2) is 26.7. The molecule has 2 aromatic carbocycles. The maximum Gasteiger partial charge on any atom is 0.296 e. The van der Waals surface area contributed by atoms with Gasteiger partial charge in [-0.15, -0.1) is 0 Å². The number of nitrogens with two attached hydrogens (primary N) is 1. The highest BCUT2D eigenvalue weighted by molar-refractivity contribution is 7.80. The minimum Gasteiger partial charge on any atom is -0.346 e. The molecule has 6 aromatic rings. The van der Waals surface area contributed by atoms with Crippen molar-refractivity contribution >= 4 is 68.2 Å². The number of carbonyl (C=O) groups is 2. The van der Waals surface area contributed by atoms with Crippen LogP contribution in [0.25, 0.3) is 22.1 Å². The molecule has 0 saturated heterocycles. The minimum absolute atomic E-state index is 0.149. The Labute approximate surface area is 356 Å². The van der Waals surface area contributed by atoms with Gasteiger partial charge in [-0.2, -0.15) is 0 Å². The number of thiocarbonyl (C=S) groups is 2. The van der Waals surface area contributed by atoms with Crippen LogP contribution in [0.15, 0.2) is 103 Å². The quantitative estimate of drug-likeness (QED) is 0.0372. The summed E-state index contributed by atoms with van der Waals surface area (Å²) in [7, 11) is 1.25. The number of aliphatic imine (C=N–C) groups is 1. The number of Topliss-reactive ketones (excluding diaryl/α,β-unsaturated/α-hetero) is 1. The van der Waals surface area contributed by atoms with Crippen LogP contribution in [-0.2, 0) is 22.6 Å². The maximum absolute atomic E-state index is 13.5. The van der Waals surface area contributed by atoms with Gasteiger partial charge in [0.05, 0.1) is 22.8 Å². The molecule has 304 valence electrons. The van der Waals surface area contributed by atoms with Crippen LogP contribution < -0.4 is 11.1 Å². The van der Waals surface area contributed by atoms with Crippen molar-refractivity contribution in [2.45, 2.75) is 65.3 Å². The van der Waals surface area contributed by atoms with Crippen LogP contribution in [0.2, 0.25) is 0 Å². The molecule has 0 spiro atoms. The third-order valence-electron chi connectivity index (χ3n) is 8.51. The third kappa shape index (κ3) is 16.7. The highest BCUT2D eigenvalue weighted by Crippen LogP contribution is 2.18. The first-order chi connectivity index (χ1) is 29.3. The maximum atomic E-state index is 13.5. The number of aryl methyl sites for hydroxylation is 1. The Hall–Kier alpha value is -6.21. The standard InChI is InChI=1S/C24H23FN2OS.C12H13FN2O.C9H7N3S.CH4/c25-23-9-5-4-6-19(23)10-12-20(28)7-2-1-3-8-21(29)13-11-18-14-16-26-24-22(18)15-17-27-24;13-11-5-2-1-4-10(11)6-7-12(16)15-9-3-8-14;13-6-10-5-7-1-3-11-9-8(7)2-4-12-9;/h4-6,9,14-17H,1-3,7-8,11,13H2,(H,26,27);1-2,4-5H,3,8-9,14H2,(H,15,16);1-4H,5H2,(H,11,12);1H4/i;;;1D. The van der Waals surface area contributed by atoms with Gasteiger partial charge >= 0.3 is 0 Å². The predicted molar refractivity (Wildman–Crippen MR) is 240 cm³/mol. The van der Waals surface area contributed by atoms with Crippen LogP contribution in [0.3, 0.4) is 0 Å². The topological polar surface area (TPSA) is 142 Å². The number of aromatic nitrogens is 4. The van der Waals surface area contributed by atoms with E-state index in [1.165, 1.54) is 31.2 Å². The summed E-state index contributed by atoms with van der Waals surface area (Å²) in [6.07, 6.45) is 13.8. The first-order valence-electron chi connectivity index (χ1n) is 19.7. The molecule has 6 rings (SSSR count). The molecule has 0 unspecified atom stereocenters. The lowest BCUT2D eigenvalue weighted by Crippen LogP contribution is -2.24. The highest BCUT2D eigenvalue weighted by Gasteiger charge is 2.06. The number of nitrogens with zero attached hydrogens (tertiary/aromatic N) is 3. The van der Waals surface area contributed by atoms with E-state index in [1.807, 2.05) is 42.9 Å². The summed E-state index contributed by atoms with van der Waals surface area (Å²) in [5.74, 6) is 8.54. The first-order valence-corrected chi connectivity index (χ1v) is 19.5. The molecule has 0 bridgehead atoms. The van der Waals surface area contributed by atoms with E-state index in [1.54, 1.807) is 36.5 Å². The number of halogens is 2. The molecule has 4 heterocycles. The number of carbonyl (C=O) groups excluding carboxylic acids is 2. The van der Waals surface area contributed by atoms with Crippen LogP contribution in [0, 0.1) is 35.3 Å². The molecular formula is C46H47F2N7O2S2. The Bertz CT molecular complexity index is 2480. The zero-order valence-electron chi connectivity index (χ0n) is 33.8. The molecule has 0 aliphatic carbocycles. The van der Waals surface area contributed by atoms with Crippen molar-refractivity contribution in [2.75, 3.05) is 13.1 Å². The van der Waals surface area contributed by atoms with E-state index in [-0.39, 0.29) is 16.9 Å². The van der Waals surface area contributed by atoms with Crippen molar-refractivity contribution in [1.82, 2.24) is 25.3 Å². The van der Waals surface area contributed by atoms with Crippen LogP contribution in [-0.4, -0.2) is 54.7 Å². The fraction of sp³-hybridized carbons (Fsp3) is 0.261. The van der Waals surface area contributed by atoms with Gasteiger partial charge in [0, 0.05) is 55.8 Å². The number of unbranched alkanes of at least 4 members (excludes halogenated alkanes) is 2. The van der Waals surface area contributed by atoms with Gasteiger partial charge in [-0.1, -0.05) is 62.1 Å². The molecule has 4 aromatic heterocycles. The molecule has 0 radical (unpaired) electrons. The molecule has 9 nitrogen and oxygen atoms in total. The average molecular weight is 833 g/mol. The monoisotopic (exact) mass is 832 g/mol. The van der Waals surface area contributed by atoms with Crippen molar-refractivity contribution < 1.29 is 19.7 Å². The van der Waals surface area contributed by atoms with Gasteiger partial charge in [-0.05, 0) is 128 Å². The number of benzene rings is 2. The number of pyridine rings is 2. The van der Waals surface area contributed by atoms with Crippen molar-refractivity contribution in [1.29, 1.82) is 0 Å². The molecular weight excluding hydrogens is 785 g/mol. The van der Waals surface area contributed by atoms with Crippen molar-refractivity contribution in [3.63, 3.8) is 0 Å². The molecule has 59 heavy (non-hydrogen) atoms. The number of nitrogens with one attached hydrogen (secondary N) is 3. The number of hydrogen-bond acceptors (Lipinski definition) is 8. The average Bonchev–Trinajstić information content (AvgIpc) is 3.97. The largest absolute Gasteiger partial charge is 0.346 e. The summed E-state index contributed by atoms with van der Waals surface area (Å²) in [5, 5.41) is 7.16. The van der Waals surface area contributed by atoms with Gasteiger partial charge < -0.3 is 21.0 Å². The van der Waals surface area contributed by atoms with Gasteiger partial charge in [0.15, 0.2) is 0 Å². The van der Waals surface area contributed by atoms with Crippen LogP contribution in [0.5, 0.6) is 0 Å². The van der Waals surface area contributed by atoms with E-state index >= 15 is 0 Å². The fourth-order valence-electron chi connectivity index (χ4n) is 5.49. The van der Waals surface area contributed by atoms with Gasteiger partial charge in [-0.25, -0.2) is 23.7 Å². The van der Waals surface area contributed by atoms with Gasteiger partial charge in [-0.3, -0.25) is 9.59 Å². The number of hydrogen-bond donors (Lipinski definition) is 4. The van der Waals surface area contributed by atoms with E-state index < -0.39 is 17.5 Å². The molecule has 0 aliphatic rings. The second-order valence-corrected chi connectivity index (χ2v) is 13.5. The summed E-state index contributed by atoms with van der Waals surface area (Å²) in [5.41, 5.74) is 9.92. The van der Waals surface area contributed by atoms with Gasteiger partial charge in [0.1, 0.15) is 22.9 Å². The number of ketones is 1. The third-order valence-corrected chi connectivity index (χ3v) is 9.05. The van der Waals surface area contributed by atoms with Crippen molar-refractivity contribution in [3.05, 3.63) is 131 Å². The summed E-state index contributed by atoms with van der Waals surface area (Å²) in [6.45, 7) is 1.57. The smallest absolute Gasteiger partial charge is 0.296 e. The number of aromatic amines is 2. The molecule has 0 saturated carbocycles. The lowest BCUT2D eigenvalue weighted by molar-refractivity contribution is -0.116. The molecule has 0 atom stereocenters. The summed E-state index contributed by atoms with van der Waals surface area (Å²) < 4.78 is 32.3. The van der Waals surface area contributed by atoms with Crippen LogP contribution in [0.1, 0.15) is 76.0 Å². The van der Waals surface area contributed by atoms with Crippen molar-refractivity contribution in [2.24, 2.45) is 10.7 Å². The Kier molecular flexibility index (Phi) is 20.6. The van der Waals surface area contributed by atoms with Crippen LogP contribution >= 0.6 is 24.4 Å². The van der Waals surface area contributed by atoms with Crippen molar-refractivity contribution in [3.8, 4) is 23.7 Å². The van der Waals surface area contributed by atoms with Gasteiger partial charge in [0.25, 0.3) is 5.91 Å². The Morgan fingerprint density at radius 3 is 1.97 bits per heavy atom. The molecule has 5 N–H and O–H groups in total. The molecule has 13 heteroatoms. The lowest BCUT2D eigenvalue weighted by Gasteiger charge is -2.05. The van der Waals surface area contributed by atoms with Gasteiger partial charge in [0.2, 0.25) is 5.78 Å². The minimum atomic E-state index is -0.426. The number of fused-ring (bicyclic) bond motifs is 2. The second-order valence-electron chi connectivity index (χ2n) is 12.7. The first kappa shape index (κ1) is 45.5. The highest BCUT2D eigenvalue weighted by atomic mass is 32.1. The summed E-state index contributed by atoms with van der Waals surface area (Å²) >= 11 is 10.0. The van der Waals surface area contributed by atoms with E-state index in [2.05, 4.69) is 71.3 Å². The van der Waals surface area contributed by atoms with E-state index in [0.29, 0.717) is 32.5 Å². The Balaban J connectivity index is 0.000000260.